The minimum Gasteiger partial charge on any atom is -0.507 e. The molecule has 1 heterocycles. The van der Waals surface area contributed by atoms with Gasteiger partial charge in [0, 0.05) is 7.49 Å². The first-order chi connectivity index (χ1) is 11.4. The second-order valence-electron chi connectivity index (χ2n) is 4.98. The van der Waals surface area contributed by atoms with Gasteiger partial charge in [-0.1, -0.05) is 35.5 Å². The molecule has 0 aliphatic rings. The van der Waals surface area contributed by atoms with Gasteiger partial charge in [-0.2, -0.15) is 13.2 Å². The molecule has 1 N–H and O–H groups in total. The number of aromatic nitrogens is 1. The first kappa shape index (κ1) is 15.9. The topological polar surface area (TPSA) is 55.5 Å². The molecule has 0 radical (unpaired) electrons. The van der Waals surface area contributed by atoms with Gasteiger partial charge in [0.25, 0.3) is 0 Å². The molecule has 24 heavy (non-hydrogen) atoms. The normalized spacial score (nSPS) is 11.5. The highest BCUT2D eigenvalue weighted by atomic mass is 19.4. The maximum atomic E-state index is 13.3. The van der Waals surface area contributed by atoms with Gasteiger partial charge in [-0.05, 0) is 17.7 Å². The zero-order chi connectivity index (χ0) is 17.3. The van der Waals surface area contributed by atoms with E-state index in [1.165, 1.54) is 37.4 Å². The Hall–Kier alpha value is -2.96. The molecular formula is C17H14F3NO3. The number of rotatable bonds is 3. The Bertz CT molecular complexity index is 863. The predicted octanol–water partition coefficient (Wildman–Crippen LogP) is 4.99. The summed E-state index contributed by atoms with van der Waals surface area (Å²) >= 11 is 0. The number of nitrogens with zero attached hydrogens (tertiary/aromatic N) is 1. The minimum atomic E-state index is -4.69. The molecule has 0 unspecified atom stereocenters. The van der Waals surface area contributed by atoms with E-state index in [4.69, 9.17) is 9.26 Å². The van der Waals surface area contributed by atoms with E-state index in [9.17, 15) is 18.3 Å². The number of methoxy groups -OCH3 is 1. The molecule has 0 spiro atoms. The summed E-state index contributed by atoms with van der Waals surface area (Å²) < 4.78 is 49.8. The summed E-state index contributed by atoms with van der Waals surface area (Å²) in [5, 5.41) is 13.3. The third-order valence-electron chi connectivity index (χ3n) is 3.47. The van der Waals surface area contributed by atoms with Gasteiger partial charge in [-0.3, -0.25) is 0 Å². The lowest BCUT2D eigenvalue weighted by molar-refractivity contribution is -0.142. The molecule has 0 saturated carbocycles. The number of phenolic OH excluding ortho intramolecular Hbond substituents is 1. The van der Waals surface area contributed by atoms with Gasteiger partial charge in [-0.15, -0.1) is 0 Å². The lowest BCUT2D eigenvalue weighted by Crippen LogP contribution is -2.07. The molecule has 126 valence electrons. The van der Waals surface area contributed by atoms with Crippen molar-refractivity contribution in [2.75, 3.05) is 7.11 Å². The van der Waals surface area contributed by atoms with Gasteiger partial charge in [0.1, 0.15) is 11.5 Å². The Morgan fingerprint density at radius 2 is 1.83 bits per heavy atom. The monoisotopic (exact) mass is 337 g/mol. The van der Waals surface area contributed by atoms with Crippen molar-refractivity contribution in [3.8, 4) is 33.9 Å². The Balaban J connectivity index is 0.00000225. The Kier molecular flexibility index (Phi) is 3.92. The molecule has 0 atom stereocenters. The van der Waals surface area contributed by atoms with Gasteiger partial charge in [-0.25, -0.2) is 0 Å². The van der Waals surface area contributed by atoms with Crippen molar-refractivity contribution in [3.05, 3.63) is 54.2 Å². The summed E-state index contributed by atoms with van der Waals surface area (Å²) in [4.78, 5) is 0. The van der Waals surface area contributed by atoms with Crippen molar-refractivity contribution < 1.29 is 29.0 Å². The summed E-state index contributed by atoms with van der Waals surface area (Å²) in [5.74, 6) is -0.0573. The molecule has 0 aliphatic carbocycles. The quantitative estimate of drug-likeness (QED) is 0.732. The molecule has 1 aromatic heterocycles. The molecule has 4 nitrogen and oxygen atoms in total. The molecule has 7 heteroatoms. The van der Waals surface area contributed by atoms with Crippen LogP contribution in [0.5, 0.6) is 11.5 Å². The van der Waals surface area contributed by atoms with Crippen LogP contribution in [0.1, 0.15) is 7.12 Å². The average Bonchev–Trinajstić information content (AvgIpc) is 3.00. The van der Waals surface area contributed by atoms with Crippen molar-refractivity contribution >= 4 is 0 Å². The first-order valence-corrected chi connectivity index (χ1v) is 6.91. The number of aromatic hydroxyl groups is 1. The van der Waals surface area contributed by atoms with Crippen LogP contribution in [-0.2, 0) is 6.18 Å². The fraction of sp³-hybridized carbons (Fsp3) is 0.118. The van der Waals surface area contributed by atoms with E-state index >= 15 is 0 Å². The number of alkyl halides is 3. The highest BCUT2D eigenvalue weighted by Crippen LogP contribution is 2.44. The van der Waals surface area contributed by atoms with Crippen molar-refractivity contribution in [3.63, 3.8) is 0 Å². The summed E-state index contributed by atoms with van der Waals surface area (Å²) in [7, 11) is 1.42. The van der Waals surface area contributed by atoms with Crippen molar-refractivity contribution in [1.29, 1.82) is 0 Å². The predicted molar refractivity (Wildman–Crippen MR) is 82.7 cm³/mol. The van der Waals surface area contributed by atoms with E-state index in [1.54, 1.807) is 18.2 Å². The van der Waals surface area contributed by atoms with E-state index < -0.39 is 11.9 Å². The van der Waals surface area contributed by atoms with Gasteiger partial charge < -0.3 is 14.4 Å². The minimum absolute atomic E-state index is 0. The molecule has 3 aromatic rings. The number of hydrogen-bond acceptors (Lipinski definition) is 4. The standard InChI is InChI=1S/C17H12F3NO3.H2/c1-23-11-7-8-12(13(22)9-11)15-14(10-5-3-2-4-6-10)16(21-24-15)17(18,19)20;/h2-9,22H,1H3;1H. The van der Waals surface area contributed by atoms with E-state index in [-0.39, 0.29) is 29.6 Å². The smallest absolute Gasteiger partial charge is 0.437 e. The van der Waals surface area contributed by atoms with Crippen LogP contribution in [0.15, 0.2) is 53.1 Å². The number of ether oxygens (including phenoxy) is 1. The molecule has 0 aliphatic heterocycles. The largest absolute Gasteiger partial charge is 0.507 e. The van der Waals surface area contributed by atoms with Crippen molar-refractivity contribution in [2.45, 2.75) is 6.18 Å². The Morgan fingerprint density at radius 3 is 2.42 bits per heavy atom. The Labute approximate surface area is 136 Å². The highest BCUT2D eigenvalue weighted by Gasteiger charge is 2.40. The van der Waals surface area contributed by atoms with E-state index in [1.807, 2.05) is 0 Å². The zero-order valence-electron chi connectivity index (χ0n) is 12.5. The third kappa shape index (κ3) is 2.80. The fourth-order valence-electron chi connectivity index (χ4n) is 2.37. The van der Waals surface area contributed by atoms with Crippen molar-refractivity contribution in [1.82, 2.24) is 5.16 Å². The van der Waals surface area contributed by atoms with Gasteiger partial charge in [0.2, 0.25) is 0 Å². The van der Waals surface area contributed by atoms with E-state index in [2.05, 4.69) is 5.16 Å². The number of phenols is 1. The number of halogens is 3. The summed E-state index contributed by atoms with van der Waals surface area (Å²) in [6.07, 6.45) is -4.69. The second-order valence-corrected chi connectivity index (χ2v) is 4.98. The molecule has 3 rings (SSSR count). The van der Waals surface area contributed by atoms with Crippen molar-refractivity contribution in [2.24, 2.45) is 0 Å². The van der Waals surface area contributed by atoms with Gasteiger partial charge >= 0.3 is 6.18 Å². The molecular weight excluding hydrogens is 323 g/mol. The zero-order valence-corrected chi connectivity index (χ0v) is 12.5. The van der Waals surface area contributed by atoms with Gasteiger partial charge in [0.15, 0.2) is 11.5 Å². The summed E-state index contributed by atoms with van der Waals surface area (Å²) in [6, 6.07) is 12.2. The molecule has 2 aromatic carbocycles. The highest BCUT2D eigenvalue weighted by molar-refractivity contribution is 5.84. The van der Waals surface area contributed by atoms with E-state index in [0.29, 0.717) is 5.75 Å². The molecule has 0 bridgehead atoms. The molecule has 0 saturated heterocycles. The average molecular weight is 337 g/mol. The lowest BCUT2D eigenvalue weighted by atomic mass is 9.98. The second kappa shape index (κ2) is 5.92. The lowest BCUT2D eigenvalue weighted by Gasteiger charge is -2.09. The summed E-state index contributed by atoms with van der Waals surface area (Å²) in [5.41, 5.74) is -0.976. The maximum absolute atomic E-state index is 13.3. The number of benzene rings is 2. The molecule has 0 amide bonds. The maximum Gasteiger partial charge on any atom is 0.437 e. The van der Waals surface area contributed by atoms with Crippen LogP contribution >= 0.6 is 0 Å². The van der Waals surface area contributed by atoms with Crippen LogP contribution in [0.2, 0.25) is 0 Å². The fourth-order valence-corrected chi connectivity index (χ4v) is 2.37. The van der Waals surface area contributed by atoms with Crippen LogP contribution in [0.3, 0.4) is 0 Å². The van der Waals surface area contributed by atoms with Crippen LogP contribution in [-0.4, -0.2) is 17.4 Å². The first-order valence-electron chi connectivity index (χ1n) is 6.91. The SMILES string of the molecule is COc1ccc(-c2onc(C(F)(F)F)c2-c2ccccc2)c(O)c1.[HH]. The third-order valence-corrected chi connectivity index (χ3v) is 3.47. The van der Waals surface area contributed by atoms with Crippen LogP contribution in [0, 0.1) is 0 Å². The van der Waals surface area contributed by atoms with Gasteiger partial charge in [0.05, 0.1) is 18.2 Å². The van der Waals surface area contributed by atoms with Crippen LogP contribution in [0.25, 0.3) is 22.5 Å². The summed E-state index contributed by atoms with van der Waals surface area (Å²) in [6.45, 7) is 0. The number of hydrogen-bond donors (Lipinski definition) is 1. The molecule has 0 fully saturated rings. The van der Waals surface area contributed by atoms with Crippen LogP contribution < -0.4 is 4.74 Å². The Morgan fingerprint density at radius 1 is 1.12 bits per heavy atom. The van der Waals surface area contributed by atoms with E-state index in [0.717, 1.165) is 0 Å². The van der Waals surface area contributed by atoms with Crippen LogP contribution in [0.4, 0.5) is 13.2 Å².